The van der Waals surface area contributed by atoms with Crippen LogP contribution in [0.5, 0.6) is 0 Å². The minimum Gasteiger partial charge on any atom is -0.462 e. The van der Waals surface area contributed by atoms with Crippen molar-refractivity contribution in [3.8, 4) is 0 Å². The van der Waals surface area contributed by atoms with Crippen LogP contribution < -0.4 is 10.6 Å². The molecule has 1 aromatic heterocycles. The molecule has 1 aromatic rings. The van der Waals surface area contributed by atoms with E-state index in [2.05, 4.69) is 10.6 Å². The highest BCUT2D eigenvalue weighted by Crippen LogP contribution is 2.34. The van der Waals surface area contributed by atoms with Gasteiger partial charge in [-0.3, -0.25) is 14.5 Å². The monoisotopic (exact) mass is 381 g/mol. The summed E-state index contributed by atoms with van der Waals surface area (Å²) in [5.74, 6) is -1.53. The maximum absolute atomic E-state index is 12.4. The van der Waals surface area contributed by atoms with Crippen LogP contribution in [0, 0.1) is 6.92 Å². The maximum atomic E-state index is 12.4. The van der Waals surface area contributed by atoms with Crippen LogP contribution in [-0.2, 0) is 20.7 Å². The van der Waals surface area contributed by atoms with Crippen LogP contribution in [0.2, 0.25) is 0 Å². The lowest BCUT2D eigenvalue weighted by Crippen LogP contribution is -2.41. The highest BCUT2D eigenvalue weighted by molar-refractivity contribution is 7.16. The van der Waals surface area contributed by atoms with Gasteiger partial charge in [0.1, 0.15) is 17.1 Å². The van der Waals surface area contributed by atoms with Crippen molar-refractivity contribution in [1.29, 1.82) is 0 Å². The molecule has 26 heavy (non-hydrogen) atoms. The first-order chi connectivity index (χ1) is 12.1. The minimum atomic E-state index is -1.04. The second kappa shape index (κ2) is 7.45. The number of esters is 1. The number of amides is 4. The van der Waals surface area contributed by atoms with Crippen LogP contribution >= 0.6 is 11.3 Å². The van der Waals surface area contributed by atoms with Crippen LogP contribution in [0.1, 0.15) is 48.5 Å². The Labute approximate surface area is 155 Å². The summed E-state index contributed by atoms with van der Waals surface area (Å²) in [5.41, 5.74) is 0.116. The van der Waals surface area contributed by atoms with Gasteiger partial charge in [0.25, 0.3) is 5.91 Å². The zero-order chi connectivity index (χ0) is 19.6. The van der Waals surface area contributed by atoms with E-state index < -0.39 is 35.9 Å². The molecular weight excluding hydrogens is 358 g/mol. The fraction of sp³-hybridized carbons (Fsp3) is 0.529. The average molecular weight is 381 g/mol. The zero-order valence-electron chi connectivity index (χ0n) is 15.5. The Morgan fingerprint density at radius 2 is 1.92 bits per heavy atom. The highest BCUT2D eigenvalue weighted by atomic mass is 32.1. The van der Waals surface area contributed by atoms with Crippen molar-refractivity contribution in [2.24, 2.45) is 0 Å². The molecule has 0 unspecified atom stereocenters. The molecule has 2 heterocycles. The molecule has 9 heteroatoms. The van der Waals surface area contributed by atoms with Gasteiger partial charge in [0.15, 0.2) is 0 Å². The normalized spacial score (nSPS) is 15.8. The van der Waals surface area contributed by atoms with Gasteiger partial charge in [-0.15, -0.1) is 11.3 Å². The molecule has 0 aliphatic carbocycles. The van der Waals surface area contributed by atoms with E-state index >= 15 is 0 Å². The van der Waals surface area contributed by atoms with Gasteiger partial charge in [-0.1, -0.05) is 6.92 Å². The Kier molecular flexibility index (Phi) is 5.70. The number of rotatable bonds is 6. The number of imide groups is 1. The Hall–Kier alpha value is -2.42. The third-order valence-electron chi connectivity index (χ3n) is 4.04. The van der Waals surface area contributed by atoms with Crippen molar-refractivity contribution in [3.05, 3.63) is 16.0 Å². The molecular formula is C17H23N3O5S. The number of thiophene rings is 1. The smallest absolute Gasteiger partial charge is 0.341 e. The van der Waals surface area contributed by atoms with Gasteiger partial charge in [-0.25, -0.2) is 9.59 Å². The largest absolute Gasteiger partial charge is 0.462 e. The minimum absolute atomic E-state index is 0.224. The average Bonchev–Trinajstić information content (AvgIpc) is 2.95. The van der Waals surface area contributed by atoms with E-state index in [-0.39, 0.29) is 6.61 Å². The van der Waals surface area contributed by atoms with Gasteiger partial charge < -0.3 is 15.4 Å². The number of ether oxygens (including phenoxy) is 1. The fourth-order valence-corrected chi connectivity index (χ4v) is 3.93. The molecule has 2 rings (SSSR count). The van der Waals surface area contributed by atoms with Gasteiger partial charge >= 0.3 is 12.0 Å². The number of aryl methyl sites for hydroxylation is 1. The van der Waals surface area contributed by atoms with E-state index in [0.29, 0.717) is 17.0 Å². The summed E-state index contributed by atoms with van der Waals surface area (Å²) < 4.78 is 5.09. The number of nitrogens with zero attached hydrogens (tertiary/aromatic N) is 1. The van der Waals surface area contributed by atoms with Crippen molar-refractivity contribution >= 4 is 40.2 Å². The van der Waals surface area contributed by atoms with Crippen molar-refractivity contribution < 1.29 is 23.9 Å². The molecule has 0 saturated carbocycles. The molecule has 0 spiro atoms. The molecule has 1 saturated heterocycles. The van der Waals surface area contributed by atoms with E-state index in [1.54, 1.807) is 20.8 Å². The number of carbonyl (C=O) groups is 4. The third kappa shape index (κ3) is 3.72. The quantitative estimate of drug-likeness (QED) is 0.580. The van der Waals surface area contributed by atoms with Gasteiger partial charge in [0.2, 0.25) is 5.91 Å². The van der Waals surface area contributed by atoms with Gasteiger partial charge in [0.05, 0.1) is 12.2 Å². The van der Waals surface area contributed by atoms with Gasteiger partial charge in [-0.2, -0.15) is 0 Å². The number of hydrogen-bond donors (Lipinski definition) is 2. The summed E-state index contributed by atoms with van der Waals surface area (Å²) in [6.45, 7) is 8.43. The fourth-order valence-electron chi connectivity index (χ4n) is 2.78. The Bertz CT molecular complexity index is 769. The second-order valence-corrected chi connectivity index (χ2v) is 7.63. The summed E-state index contributed by atoms with van der Waals surface area (Å²) in [6.07, 6.45) is 0.619. The van der Waals surface area contributed by atoms with Crippen molar-refractivity contribution in [1.82, 2.24) is 10.2 Å². The maximum Gasteiger partial charge on any atom is 0.341 e. The predicted octanol–water partition coefficient (Wildman–Crippen LogP) is 2.06. The molecule has 142 valence electrons. The van der Waals surface area contributed by atoms with Crippen molar-refractivity contribution in [3.63, 3.8) is 0 Å². The molecule has 0 atom stereocenters. The Balaban J connectivity index is 2.21. The molecule has 2 N–H and O–H groups in total. The number of anilines is 1. The Morgan fingerprint density at radius 1 is 1.27 bits per heavy atom. The lowest BCUT2D eigenvalue weighted by atomic mass is 10.1. The standard InChI is InChI=1S/C17H23N3O5S/c1-6-10-9(3)26-13(12(10)14(22)25-7-2)18-11(21)8-20-15(23)17(4,5)19-16(20)24/h6-8H2,1-5H3,(H,18,21)(H,19,24). The molecule has 0 bridgehead atoms. The van der Waals surface area contributed by atoms with Crippen LogP contribution in [0.3, 0.4) is 0 Å². The van der Waals surface area contributed by atoms with Gasteiger partial charge in [-0.05, 0) is 39.7 Å². The molecule has 0 radical (unpaired) electrons. The number of nitrogens with one attached hydrogen (secondary N) is 2. The van der Waals surface area contributed by atoms with Gasteiger partial charge in [0, 0.05) is 4.88 Å². The summed E-state index contributed by atoms with van der Waals surface area (Å²) in [5, 5.41) is 5.53. The predicted molar refractivity (Wildman–Crippen MR) is 97.3 cm³/mol. The number of carbonyl (C=O) groups excluding carboxylic acids is 4. The van der Waals surface area contributed by atoms with Crippen molar-refractivity contribution in [2.45, 2.75) is 46.6 Å². The van der Waals surface area contributed by atoms with Crippen LogP contribution in [0.4, 0.5) is 9.80 Å². The first-order valence-electron chi connectivity index (χ1n) is 8.35. The highest BCUT2D eigenvalue weighted by Gasteiger charge is 2.45. The second-order valence-electron chi connectivity index (χ2n) is 6.41. The third-order valence-corrected chi connectivity index (χ3v) is 5.10. The van der Waals surface area contributed by atoms with E-state index in [9.17, 15) is 19.2 Å². The number of hydrogen-bond acceptors (Lipinski definition) is 6. The van der Waals surface area contributed by atoms with Crippen LogP contribution in [0.25, 0.3) is 0 Å². The first kappa shape index (κ1) is 19.9. The zero-order valence-corrected chi connectivity index (χ0v) is 16.3. The van der Waals surface area contributed by atoms with E-state index in [0.717, 1.165) is 15.3 Å². The molecule has 4 amide bonds. The Morgan fingerprint density at radius 3 is 2.42 bits per heavy atom. The van der Waals surface area contributed by atoms with Crippen LogP contribution in [-0.4, -0.2) is 47.4 Å². The SMILES string of the molecule is CCOC(=O)c1c(NC(=O)CN2C(=O)NC(C)(C)C2=O)sc(C)c1CC. The molecule has 8 nitrogen and oxygen atoms in total. The van der Waals surface area contributed by atoms with Crippen molar-refractivity contribution in [2.75, 3.05) is 18.5 Å². The molecule has 1 aliphatic heterocycles. The first-order valence-corrected chi connectivity index (χ1v) is 9.17. The van der Waals surface area contributed by atoms with Crippen LogP contribution in [0.15, 0.2) is 0 Å². The molecule has 1 fully saturated rings. The number of urea groups is 1. The lowest BCUT2D eigenvalue weighted by molar-refractivity contribution is -0.132. The summed E-state index contributed by atoms with van der Waals surface area (Å²) in [6, 6.07) is -0.614. The summed E-state index contributed by atoms with van der Waals surface area (Å²) >= 11 is 1.27. The topological polar surface area (TPSA) is 105 Å². The molecule has 0 aromatic carbocycles. The van der Waals surface area contributed by atoms with E-state index in [1.807, 2.05) is 13.8 Å². The summed E-state index contributed by atoms with van der Waals surface area (Å²) in [7, 11) is 0. The molecule has 1 aliphatic rings. The van der Waals surface area contributed by atoms with E-state index in [1.165, 1.54) is 11.3 Å². The van der Waals surface area contributed by atoms with E-state index in [4.69, 9.17) is 4.74 Å². The lowest BCUT2D eigenvalue weighted by Gasteiger charge is -2.15. The summed E-state index contributed by atoms with van der Waals surface area (Å²) in [4.78, 5) is 50.5.